The first-order valence-corrected chi connectivity index (χ1v) is 4.16. The maximum absolute atomic E-state index is 10.7. The zero-order valence-corrected chi connectivity index (χ0v) is 9.30. The molecule has 0 bridgehead atoms. The Morgan fingerprint density at radius 2 is 1.56 bits per heavy atom. The van der Waals surface area contributed by atoms with Gasteiger partial charge >= 0.3 is 22.6 Å². The molecule has 0 saturated heterocycles. The van der Waals surface area contributed by atoms with Gasteiger partial charge in [-0.3, -0.25) is 4.79 Å². The van der Waals surface area contributed by atoms with Crippen molar-refractivity contribution < 1.29 is 45.1 Å². The van der Waals surface area contributed by atoms with Gasteiger partial charge in [-0.05, 0) is 0 Å². The summed E-state index contributed by atoms with van der Waals surface area (Å²) in [4.78, 5) is 10.7. The molecule has 4 atom stereocenters. The second-order valence-electron chi connectivity index (χ2n) is 2.61. The molecule has 0 aromatic heterocycles. The van der Waals surface area contributed by atoms with E-state index < -0.39 is 37.0 Å². The average molecular weight is 258 g/mol. The maximum atomic E-state index is 10.7. The molecule has 10 heteroatoms. The molecule has 9 nitrogen and oxygen atoms in total. The van der Waals surface area contributed by atoms with Crippen molar-refractivity contribution >= 4 is 22.6 Å². The van der Waals surface area contributed by atoms with Crippen LogP contribution >= 0.6 is 0 Å². The van der Waals surface area contributed by atoms with Crippen molar-refractivity contribution in [1.29, 1.82) is 0 Å². The van der Waals surface area contributed by atoms with Crippen molar-refractivity contribution in [2.24, 2.45) is 0 Å². The fourth-order valence-electron chi connectivity index (χ4n) is 0.732. The quantitative estimate of drug-likeness (QED) is 0.303. The molecule has 0 fully saturated rings. The third-order valence-corrected chi connectivity index (χ3v) is 1.84. The number of carbonyl (C=O) groups excluding carboxylic acids is 1. The van der Waals surface area contributed by atoms with E-state index in [-0.39, 0.29) is 11.0 Å². The van der Waals surface area contributed by atoms with Gasteiger partial charge in [0.2, 0.25) is 0 Å². The molecule has 0 heterocycles. The molecule has 0 aliphatic carbocycles. The summed E-state index contributed by atoms with van der Waals surface area (Å²) >= 11 is 1.56. The van der Waals surface area contributed by atoms with Gasteiger partial charge in [0.05, 0.1) is 6.61 Å². The molecule has 0 amide bonds. The van der Waals surface area contributed by atoms with Crippen LogP contribution < -0.4 is 0 Å². The van der Waals surface area contributed by atoms with Crippen LogP contribution in [0.15, 0.2) is 0 Å². The normalized spacial score (nSPS) is 17.1. The van der Waals surface area contributed by atoms with Gasteiger partial charge in [0.1, 0.15) is 18.3 Å². The second-order valence-corrected chi connectivity index (χ2v) is 2.85. The van der Waals surface area contributed by atoms with Crippen LogP contribution in [0.5, 0.6) is 0 Å². The average Bonchev–Trinajstić information content (AvgIpc) is 2.23. The number of hydrogen-bond donors (Lipinski definition) is 5. The third kappa shape index (κ3) is 5.71. The summed E-state index contributed by atoms with van der Waals surface area (Å²) in [5.41, 5.74) is 0. The van der Waals surface area contributed by atoms with Crippen LogP contribution in [0, 0.1) is 0 Å². The lowest BCUT2D eigenvalue weighted by Crippen LogP contribution is -2.49. The smallest absolute Gasteiger partial charge is 0.484 e. The van der Waals surface area contributed by atoms with E-state index in [0.29, 0.717) is 0 Å². The Kier molecular flexibility index (Phi) is 13.0. The van der Waals surface area contributed by atoms with E-state index in [0.717, 1.165) is 0 Å². The van der Waals surface area contributed by atoms with E-state index in [1.54, 1.807) is 16.6 Å². The zero-order valence-electron chi connectivity index (χ0n) is 8.15. The molecule has 0 aliphatic rings. The molecule has 0 aromatic rings. The predicted molar refractivity (Wildman–Crippen MR) is 50.2 cm³/mol. The lowest BCUT2D eigenvalue weighted by Gasteiger charge is -2.24. The summed E-state index contributed by atoms with van der Waals surface area (Å²) in [6.45, 7) is -0.805. The highest BCUT2D eigenvalue weighted by Gasteiger charge is 2.34. The molecule has 2 radical (unpaired) electrons. The van der Waals surface area contributed by atoms with E-state index >= 15 is 0 Å². The summed E-state index contributed by atoms with van der Waals surface area (Å²) in [7, 11) is 0. The van der Waals surface area contributed by atoms with Crippen molar-refractivity contribution in [1.82, 2.24) is 0 Å². The van der Waals surface area contributed by atoms with Crippen LogP contribution in [0.4, 0.5) is 0 Å². The fraction of sp³-hybridized carbons (Fsp3) is 0.833. The summed E-state index contributed by atoms with van der Waals surface area (Å²) < 4.78 is 4.01. The van der Waals surface area contributed by atoms with Gasteiger partial charge in [-0.15, -0.1) is 0 Å². The molecule has 0 aliphatic heterocycles. The summed E-state index contributed by atoms with van der Waals surface area (Å²) in [5, 5.41) is 44.5. The van der Waals surface area contributed by atoms with Crippen molar-refractivity contribution in [2.45, 2.75) is 24.4 Å². The van der Waals surface area contributed by atoms with E-state index in [2.05, 4.69) is 3.79 Å². The molecule has 96 valence electrons. The minimum absolute atomic E-state index is 0. The number of carbonyl (C=O) groups is 1. The Bertz CT molecular complexity index is 189. The SMILES string of the molecule is O.O.O=C([O][Al])C(O)C(O)C(O)C(O)CO. The summed E-state index contributed by atoms with van der Waals surface area (Å²) in [6.07, 6.45) is -7.38. The Labute approximate surface area is 99.3 Å². The number of aliphatic hydroxyl groups is 5. The van der Waals surface area contributed by atoms with Gasteiger partial charge < -0.3 is 40.3 Å². The van der Waals surface area contributed by atoms with Gasteiger partial charge in [-0.2, -0.15) is 0 Å². The molecule has 0 spiro atoms. The van der Waals surface area contributed by atoms with Gasteiger partial charge in [0.15, 0.2) is 6.10 Å². The molecular formula is C6H15AlO9. The molecule has 0 saturated carbocycles. The molecular weight excluding hydrogens is 243 g/mol. The number of hydrogen-bond acceptors (Lipinski definition) is 7. The second kappa shape index (κ2) is 9.91. The van der Waals surface area contributed by atoms with E-state index in [1.165, 1.54) is 0 Å². The largest absolute Gasteiger partial charge is 0.626 e. The first-order valence-electron chi connectivity index (χ1n) is 3.69. The summed E-state index contributed by atoms with van der Waals surface area (Å²) in [6, 6.07) is 0. The highest BCUT2D eigenvalue weighted by atomic mass is 27.1. The van der Waals surface area contributed by atoms with Crippen LogP contribution in [0.3, 0.4) is 0 Å². The van der Waals surface area contributed by atoms with Gasteiger partial charge in [-0.1, -0.05) is 0 Å². The van der Waals surface area contributed by atoms with Crippen molar-refractivity contribution in [3.8, 4) is 0 Å². The lowest BCUT2D eigenvalue weighted by atomic mass is 10.0. The van der Waals surface area contributed by atoms with Crippen LogP contribution in [-0.2, 0) is 8.58 Å². The minimum Gasteiger partial charge on any atom is -0.626 e. The van der Waals surface area contributed by atoms with Crippen LogP contribution in [0.2, 0.25) is 0 Å². The third-order valence-electron chi connectivity index (χ3n) is 1.61. The first-order chi connectivity index (χ1) is 6.45. The Hall–Kier alpha value is -0.278. The molecule has 9 N–H and O–H groups in total. The van der Waals surface area contributed by atoms with Gasteiger partial charge in [0.25, 0.3) is 0 Å². The molecule has 0 aromatic carbocycles. The molecule has 0 rings (SSSR count). The molecule has 4 unspecified atom stereocenters. The topological polar surface area (TPSA) is 190 Å². The Balaban J connectivity index is -0.000000845. The fourth-order valence-corrected chi connectivity index (χ4v) is 0.871. The van der Waals surface area contributed by atoms with Crippen LogP contribution in [0.25, 0.3) is 0 Å². The van der Waals surface area contributed by atoms with Crippen LogP contribution in [-0.4, -0.2) is 90.1 Å². The maximum Gasteiger partial charge on any atom is 0.484 e. The van der Waals surface area contributed by atoms with Crippen molar-refractivity contribution in [2.75, 3.05) is 6.61 Å². The minimum atomic E-state index is -1.98. The Morgan fingerprint density at radius 3 is 1.88 bits per heavy atom. The standard InChI is InChI=1S/C6H12O7.Al.2H2O/c7-1-2(8)3(9)4(10)5(11)6(12)13;;;/h2-5,7-11H,1H2,(H,12,13);;2*1H2/q;+1;;/p-1. The highest BCUT2D eigenvalue weighted by Crippen LogP contribution is 2.05. The number of aliphatic hydroxyl groups excluding tert-OH is 5. The van der Waals surface area contributed by atoms with E-state index in [4.69, 9.17) is 25.5 Å². The highest BCUT2D eigenvalue weighted by molar-refractivity contribution is 6.06. The van der Waals surface area contributed by atoms with Crippen molar-refractivity contribution in [3.05, 3.63) is 0 Å². The first kappa shape index (κ1) is 21.1. The zero-order chi connectivity index (χ0) is 11.3. The number of rotatable bonds is 5. The lowest BCUT2D eigenvalue weighted by molar-refractivity contribution is -0.161. The van der Waals surface area contributed by atoms with E-state index in [1.807, 2.05) is 0 Å². The summed E-state index contributed by atoms with van der Waals surface area (Å²) in [5.74, 6) is -1.17. The predicted octanol–water partition coefficient (Wildman–Crippen LogP) is -5.60. The monoisotopic (exact) mass is 258 g/mol. The van der Waals surface area contributed by atoms with Gasteiger partial charge in [-0.25, -0.2) is 0 Å². The van der Waals surface area contributed by atoms with Crippen molar-refractivity contribution in [3.63, 3.8) is 0 Å². The molecule has 16 heavy (non-hydrogen) atoms. The van der Waals surface area contributed by atoms with Crippen LogP contribution in [0.1, 0.15) is 0 Å². The van der Waals surface area contributed by atoms with Gasteiger partial charge in [0, 0.05) is 0 Å². The van der Waals surface area contributed by atoms with E-state index in [9.17, 15) is 4.79 Å². The Morgan fingerprint density at radius 1 is 1.12 bits per heavy atom.